The molecule has 0 aliphatic rings. The minimum Gasteiger partial charge on any atom is -0.349 e. The van der Waals surface area contributed by atoms with Crippen LogP contribution >= 0.6 is 15.9 Å². The molecule has 1 N–H and O–H groups in total. The summed E-state index contributed by atoms with van der Waals surface area (Å²) in [6.45, 7) is 0.620. The van der Waals surface area contributed by atoms with Gasteiger partial charge in [0, 0.05) is 54.7 Å². The van der Waals surface area contributed by atoms with Gasteiger partial charge in [-0.1, -0.05) is 40.2 Å². The van der Waals surface area contributed by atoms with Crippen molar-refractivity contribution in [3.05, 3.63) is 58.7 Å². The number of nitrogens with one attached hydrogen (secondary N) is 1. The number of aromatic nitrogens is 2. The summed E-state index contributed by atoms with van der Waals surface area (Å²) in [6, 6.07) is 13.2. The molecule has 6 nitrogen and oxygen atoms in total. The molecule has 140 valence electrons. The third-order valence-electron chi connectivity index (χ3n) is 4.26. The number of carbonyl (C=O) groups excluding carboxylic acids is 2. The minimum atomic E-state index is -0.208. The lowest BCUT2D eigenvalue weighted by atomic mass is 10.0. The predicted octanol–water partition coefficient (Wildman–Crippen LogP) is 3.92. The zero-order valence-corrected chi connectivity index (χ0v) is 16.9. The zero-order valence-electron chi connectivity index (χ0n) is 15.3. The van der Waals surface area contributed by atoms with Crippen LogP contribution in [-0.4, -0.2) is 40.6 Å². The molecule has 0 aliphatic carbocycles. The molecule has 0 aliphatic heterocycles. The standard InChI is InChI=1S/C20H21BrN4O2/c1-24(2)18(26)10-5-12-25-13-11-17(23-25)22-20(27)15-8-3-6-14-7-4-9-16(21)19(14)15/h3-4,6-9,11,13H,5,10,12H2,1-2H3,(H,22,23,27). The van der Waals surface area contributed by atoms with Gasteiger partial charge in [0.1, 0.15) is 0 Å². The van der Waals surface area contributed by atoms with E-state index in [1.54, 1.807) is 42.0 Å². The summed E-state index contributed by atoms with van der Waals surface area (Å²) in [5.41, 5.74) is 0.589. The van der Waals surface area contributed by atoms with Crippen molar-refractivity contribution < 1.29 is 9.59 Å². The first-order valence-electron chi connectivity index (χ1n) is 8.68. The largest absolute Gasteiger partial charge is 0.349 e. The van der Waals surface area contributed by atoms with E-state index in [1.165, 1.54) is 0 Å². The van der Waals surface area contributed by atoms with Gasteiger partial charge in [-0.3, -0.25) is 14.3 Å². The van der Waals surface area contributed by atoms with Gasteiger partial charge in [0.05, 0.1) is 0 Å². The molecule has 0 unspecified atom stereocenters. The molecule has 0 saturated heterocycles. The highest BCUT2D eigenvalue weighted by Crippen LogP contribution is 2.27. The number of hydrogen-bond acceptors (Lipinski definition) is 3. The van der Waals surface area contributed by atoms with Crippen LogP contribution in [-0.2, 0) is 11.3 Å². The van der Waals surface area contributed by atoms with Crippen LogP contribution in [0, 0.1) is 0 Å². The summed E-state index contributed by atoms with van der Waals surface area (Å²) in [7, 11) is 3.49. The van der Waals surface area contributed by atoms with Gasteiger partial charge in [-0.15, -0.1) is 0 Å². The Hall–Kier alpha value is -2.67. The Morgan fingerprint density at radius 1 is 1.15 bits per heavy atom. The molecule has 1 aromatic heterocycles. The van der Waals surface area contributed by atoms with Crippen LogP contribution in [0.5, 0.6) is 0 Å². The van der Waals surface area contributed by atoms with Crippen molar-refractivity contribution in [2.45, 2.75) is 19.4 Å². The summed E-state index contributed by atoms with van der Waals surface area (Å²) in [5.74, 6) is 0.376. The number of nitrogens with zero attached hydrogens (tertiary/aromatic N) is 3. The van der Waals surface area contributed by atoms with Crippen molar-refractivity contribution in [3.8, 4) is 0 Å². The molecule has 2 amide bonds. The molecule has 3 rings (SSSR count). The Labute approximate surface area is 166 Å². The minimum absolute atomic E-state index is 0.0946. The number of carbonyl (C=O) groups is 2. The van der Waals surface area contributed by atoms with Crippen LogP contribution in [0.4, 0.5) is 5.82 Å². The second-order valence-electron chi connectivity index (χ2n) is 6.45. The Bertz CT molecular complexity index is 976. The van der Waals surface area contributed by atoms with Gasteiger partial charge in [0.2, 0.25) is 5.91 Å². The highest BCUT2D eigenvalue weighted by atomic mass is 79.9. The summed E-state index contributed by atoms with van der Waals surface area (Å²) in [4.78, 5) is 25.9. The molecule has 2 aromatic carbocycles. The number of amides is 2. The van der Waals surface area contributed by atoms with E-state index in [4.69, 9.17) is 0 Å². The van der Waals surface area contributed by atoms with E-state index >= 15 is 0 Å². The smallest absolute Gasteiger partial charge is 0.257 e. The highest BCUT2D eigenvalue weighted by Gasteiger charge is 2.13. The lowest BCUT2D eigenvalue weighted by Crippen LogP contribution is -2.21. The summed E-state index contributed by atoms with van der Waals surface area (Å²) in [6.07, 6.45) is 2.97. The number of rotatable bonds is 6. The van der Waals surface area contributed by atoms with Gasteiger partial charge < -0.3 is 10.2 Å². The first-order chi connectivity index (χ1) is 13.0. The quantitative estimate of drug-likeness (QED) is 0.646. The summed E-state index contributed by atoms with van der Waals surface area (Å²) < 4.78 is 2.61. The molecular formula is C20H21BrN4O2. The maximum absolute atomic E-state index is 12.7. The Balaban J connectivity index is 1.68. The van der Waals surface area contributed by atoms with Gasteiger partial charge in [0.25, 0.3) is 5.91 Å². The van der Waals surface area contributed by atoms with Crippen LogP contribution in [0.1, 0.15) is 23.2 Å². The number of fused-ring (bicyclic) bond motifs is 1. The molecule has 3 aromatic rings. The Morgan fingerprint density at radius 2 is 1.89 bits per heavy atom. The lowest BCUT2D eigenvalue weighted by molar-refractivity contribution is -0.128. The van der Waals surface area contributed by atoms with Crippen molar-refractivity contribution in [2.75, 3.05) is 19.4 Å². The average molecular weight is 429 g/mol. The maximum atomic E-state index is 12.7. The maximum Gasteiger partial charge on any atom is 0.257 e. The van der Waals surface area contributed by atoms with Crippen LogP contribution in [0.3, 0.4) is 0 Å². The Morgan fingerprint density at radius 3 is 2.63 bits per heavy atom. The monoisotopic (exact) mass is 428 g/mol. The van der Waals surface area contributed by atoms with Gasteiger partial charge in [-0.2, -0.15) is 5.10 Å². The van der Waals surface area contributed by atoms with E-state index in [-0.39, 0.29) is 11.8 Å². The average Bonchev–Trinajstić information content (AvgIpc) is 3.08. The van der Waals surface area contributed by atoms with Crippen molar-refractivity contribution >= 4 is 44.3 Å². The van der Waals surface area contributed by atoms with E-state index in [1.807, 2.05) is 30.3 Å². The van der Waals surface area contributed by atoms with Gasteiger partial charge in [-0.05, 0) is 23.9 Å². The molecule has 0 spiro atoms. The third-order valence-corrected chi connectivity index (χ3v) is 4.92. The third kappa shape index (κ3) is 4.54. The number of anilines is 1. The first-order valence-corrected chi connectivity index (χ1v) is 9.47. The fourth-order valence-electron chi connectivity index (χ4n) is 2.84. The molecule has 0 bridgehead atoms. The van der Waals surface area contributed by atoms with Crippen molar-refractivity contribution in [2.24, 2.45) is 0 Å². The van der Waals surface area contributed by atoms with Crippen LogP contribution in [0.25, 0.3) is 10.8 Å². The fraction of sp³-hybridized carbons (Fsp3) is 0.250. The molecule has 0 saturated carbocycles. The highest BCUT2D eigenvalue weighted by molar-refractivity contribution is 9.10. The van der Waals surface area contributed by atoms with Crippen LogP contribution in [0.15, 0.2) is 53.1 Å². The SMILES string of the molecule is CN(C)C(=O)CCCn1ccc(NC(=O)c2cccc3cccc(Br)c23)n1. The summed E-state index contributed by atoms with van der Waals surface area (Å²) in [5, 5.41) is 9.08. The van der Waals surface area contributed by atoms with E-state index in [0.29, 0.717) is 30.8 Å². The zero-order chi connectivity index (χ0) is 19.4. The van der Waals surface area contributed by atoms with E-state index in [0.717, 1.165) is 15.2 Å². The van der Waals surface area contributed by atoms with E-state index in [9.17, 15) is 9.59 Å². The van der Waals surface area contributed by atoms with Gasteiger partial charge >= 0.3 is 0 Å². The van der Waals surface area contributed by atoms with Crippen LogP contribution in [0.2, 0.25) is 0 Å². The molecule has 0 radical (unpaired) electrons. The second-order valence-corrected chi connectivity index (χ2v) is 7.31. The van der Waals surface area contributed by atoms with Crippen LogP contribution < -0.4 is 5.32 Å². The van der Waals surface area contributed by atoms with Gasteiger partial charge in [-0.25, -0.2) is 0 Å². The van der Waals surface area contributed by atoms with Gasteiger partial charge in [0.15, 0.2) is 5.82 Å². The number of aryl methyl sites for hydroxylation is 1. The molecule has 0 atom stereocenters. The second kappa shape index (κ2) is 8.35. The van der Waals surface area contributed by atoms with E-state index in [2.05, 4.69) is 26.3 Å². The van der Waals surface area contributed by atoms with Crippen molar-refractivity contribution in [1.29, 1.82) is 0 Å². The topological polar surface area (TPSA) is 67.2 Å². The fourth-order valence-corrected chi connectivity index (χ4v) is 3.43. The molecule has 7 heteroatoms. The van der Waals surface area contributed by atoms with Crippen molar-refractivity contribution in [3.63, 3.8) is 0 Å². The first kappa shape index (κ1) is 19.1. The normalized spacial score (nSPS) is 10.8. The Kier molecular flexibility index (Phi) is 5.91. The number of halogens is 1. The number of benzene rings is 2. The molecular weight excluding hydrogens is 408 g/mol. The van der Waals surface area contributed by atoms with E-state index < -0.39 is 0 Å². The molecule has 1 heterocycles. The predicted molar refractivity (Wildman–Crippen MR) is 110 cm³/mol. The lowest BCUT2D eigenvalue weighted by Gasteiger charge is -2.09. The summed E-state index contributed by atoms with van der Waals surface area (Å²) >= 11 is 3.53. The molecule has 0 fully saturated rings. The number of hydrogen-bond donors (Lipinski definition) is 1. The van der Waals surface area contributed by atoms with Crippen molar-refractivity contribution in [1.82, 2.24) is 14.7 Å². The molecule has 27 heavy (non-hydrogen) atoms.